The first-order valence-electron chi connectivity index (χ1n) is 5.44. The summed E-state index contributed by atoms with van der Waals surface area (Å²) in [5.74, 6) is -1.30. The van der Waals surface area contributed by atoms with Crippen molar-refractivity contribution in [3.8, 4) is 5.75 Å². The summed E-state index contributed by atoms with van der Waals surface area (Å²) in [6.45, 7) is -0.0767. The van der Waals surface area contributed by atoms with Gasteiger partial charge < -0.3 is 14.8 Å². The summed E-state index contributed by atoms with van der Waals surface area (Å²) in [4.78, 5) is 3.64. The maximum absolute atomic E-state index is 13.4. The molecule has 0 amide bonds. The lowest BCUT2D eigenvalue weighted by atomic mass is 9.80. The van der Waals surface area contributed by atoms with Crippen LogP contribution in [0.15, 0.2) is 36.7 Å². The third-order valence-corrected chi connectivity index (χ3v) is 2.41. The lowest BCUT2D eigenvalue weighted by Gasteiger charge is -2.09. The van der Waals surface area contributed by atoms with Crippen LogP contribution in [0.25, 0.3) is 0 Å². The van der Waals surface area contributed by atoms with Crippen molar-refractivity contribution >= 4 is 12.6 Å². The van der Waals surface area contributed by atoms with Gasteiger partial charge in [-0.05, 0) is 23.7 Å². The van der Waals surface area contributed by atoms with Gasteiger partial charge in [-0.15, -0.1) is 0 Å². The molecule has 2 N–H and O–H groups in total. The normalized spacial score (nSPS) is 10.3. The molecule has 0 radical (unpaired) electrons. The summed E-state index contributed by atoms with van der Waals surface area (Å²) in [5, 5.41) is 18.0. The van der Waals surface area contributed by atoms with Crippen LogP contribution in [-0.4, -0.2) is 22.2 Å². The number of hydrogen-bond donors (Lipinski definition) is 2. The highest BCUT2D eigenvalue weighted by Gasteiger charge is 2.14. The number of nitrogens with zero attached hydrogens (tertiary/aromatic N) is 1. The van der Waals surface area contributed by atoms with E-state index < -0.39 is 18.8 Å². The van der Waals surface area contributed by atoms with Crippen molar-refractivity contribution in [2.24, 2.45) is 0 Å². The summed E-state index contributed by atoms with van der Waals surface area (Å²) < 4.78 is 31.5. The Kier molecular flexibility index (Phi) is 4.08. The minimum atomic E-state index is -1.71. The van der Waals surface area contributed by atoms with Gasteiger partial charge in [0, 0.05) is 11.8 Å². The Morgan fingerprint density at radius 3 is 2.63 bits per heavy atom. The first kappa shape index (κ1) is 13.4. The number of pyridine rings is 1. The first-order valence-corrected chi connectivity index (χ1v) is 5.44. The van der Waals surface area contributed by atoms with Gasteiger partial charge >= 0.3 is 7.12 Å². The van der Waals surface area contributed by atoms with Gasteiger partial charge in [0.2, 0.25) is 0 Å². The maximum Gasteiger partial charge on any atom is 0.488 e. The molecule has 1 heterocycles. The van der Waals surface area contributed by atoms with Crippen molar-refractivity contribution in [1.82, 2.24) is 4.98 Å². The third kappa shape index (κ3) is 3.49. The molecule has 0 atom stereocenters. The second kappa shape index (κ2) is 5.77. The molecule has 4 nitrogen and oxygen atoms in total. The summed E-state index contributed by atoms with van der Waals surface area (Å²) in [6, 6.07) is 4.69. The van der Waals surface area contributed by atoms with Gasteiger partial charge in [0.15, 0.2) is 11.6 Å². The van der Waals surface area contributed by atoms with E-state index in [1.807, 2.05) is 0 Å². The molecule has 7 heteroatoms. The second-order valence-electron chi connectivity index (χ2n) is 3.86. The Labute approximate surface area is 108 Å². The molecular formula is C12H10BF2NO3. The van der Waals surface area contributed by atoms with Crippen molar-refractivity contribution < 1.29 is 23.6 Å². The summed E-state index contributed by atoms with van der Waals surface area (Å²) >= 11 is 0. The fourth-order valence-corrected chi connectivity index (χ4v) is 1.49. The van der Waals surface area contributed by atoms with Crippen molar-refractivity contribution in [1.29, 1.82) is 0 Å². The third-order valence-electron chi connectivity index (χ3n) is 2.41. The molecule has 2 aromatic rings. The van der Waals surface area contributed by atoms with Crippen LogP contribution < -0.4 is 10.2 Å². The Hall–Kier alpha value is -1.99. The summed E-state index contributed by atoms with van der Waals surface area (Å²) in [5.41, 5.74) is 0.545. The van der Waals surface area contributed by atoms with Crippen LogP contribution >= 0.6 is 0 Å². The smallest absolute Gasteiger partial charge is 0.486 e. The molecule has 0 unspecified atom stereocenters. The van der Waals surface area contributed by atoms with E-state index in [9.17, 15) is 8.78 Å². The highest BCUT2D eigenvalue weighted by Crippen LogP contribution is 2.16. The van der Waals surface area contributed by atoms with Crippen LogP contribution in [0.1, 0.15) is 5.56 Å². The number of aromatic nitrogens is 1. The van der Waals surface area contributed by atoms with Crippen LogP contribution in [-0.2, 0) is 6.61 Å². The Morgan fingerprint density at radius 2 is 1.95 bits per heavy atom. The maximum atomic E-state index is 13.4. The molecule has 0 aliphatic rings. The van der Waals surface area contributed by atoms with E-state index in [2.05, 4.69) is 4.98 Å². The average molecular weight is 265 g/mol. The molecule has 98 valence electrons. The fraction of sp³-hybridized carbons (Fsp3) is 0.0833. The molecule has 0 spiro atoms. The predicted octanol–water partition coefficient (Wildman–Crippen LogP) is 0.619. The van der Waals surface area contributed by atoms with E-state index >= 15 is 0 Å². The van der Waals surface area contributed by atoms with Crippen molar-refractivity contribution in [3.63, 3.8) is 0 Å². The zero-order chi connectivity index (χ0) is 13.8. The second-order valence-corrected chi connectivity index (χ2v) is 3.86. The predicted molar refractivity (Wildman–Crippen MR) is 64.8 cm³/mol. The van der Waals surface area contributed by atoms with Gasteiger partial charge in [-0.1, -0.05) is 6.07 Å². The molecule has 0 fully saturated rings. The molecule has 1 aromatic heterocycles. The topological polar surface area (TPSA) is 62.6 Å². The van der Waals surface area contributed by atoms with Gasteiger partial charge in [-0.25, -0.2) is 8.78 Å². The number of benzene rings is 1. The minimum absolute atomic E-state index is 0.0767. The average Bonchev–Trinajstić information content (AvgIpc) is 2.37. The van der Waals surface area contributed by atoms with Crippen LogP contribution in [0.2, 0.25) is 0 Å². The number of hydrogen-bond acceptors (Lipinski definition) is 4. The monoisotopic (exact) mass is 265 g/mol. The Bertz CT molecular complexity index is 581. The van der Waals surface area contributed by atoms with E-state index in [1.54, 1.807) is 0 Å². The largest absolute Gasteiger partial charge is 0.488 e. The van der Waals surface area contributed by atoms with E-state index in [-0.39, 0.29) is 17.8 Å². The SMILES string of the molecule is OB(O)c1ccc(F)c(OCc2cncc(F)c2)c1. The van der Waals surface area contributed by atoms with Gasteiger partial charge in [-0.3, -0.25) is 4.98 Å². The number of ether oxygens (including phenoxy) is 1. The van der Waals surface area contributed by atoms with Crippen molar-refractivity contribution in [2.75, 3.05) is 0 Å². The summed E-state index contributed by atoms with van der Waals surface area (Å²) in [7, 11) is -1.71. The van der Waals surface area contributed by atoms with E-state index in [1.165, 1.54) is 24.4 Å². The van der Waals surface area contributed by atoms with E-state index in [0.717, 1.165) is 12.3 Å². The highest BCUT2D eigenvalue weighted by atomic mass is 19.1. The molecule has 0 aliphatic heterocycles. The Morgan fingerprint density at radius 1 is 1.16 bits per heavy atom. The standard InChI is InChI=1S/C12H10BF2NO3/c14-10-3-8(5-16-6-10)7-19-12-4-9(13(17)18)1-2-11(12)15/h1-6,17-18H,7H2. The first-order chi connectivity index (χ1) is 9.06. The number of rotatable bonds is 4. The van der Waals surface area contributed by atoms with Crippen LogP contribution in [0, 0.1) is 11.6 Å². The molecule has 0 saturated carbocycles. The lowest BCUT2D eigenvalue weighted by molar-refractivity contribution is 0.289. The minimum Gasteiger partial charge on any atom is -0.486 e. The molecular weight excluding hydrogens is 255 g/mol. The zero-order valence-electron chi connectivity index (χ0n) is 9.75. The zero-order valence-corrected chi connectivity index (χ0v) is 9.75. The van der Waals surface area contributed by atoms with E-state index in [0.29, 0.717) is 5.56 Å². The van der Waals surface area contributed by atoms with Gasteiger partial charge in [0.25, 0.3) is 0 Å². The molecule has 2 rings (SSSR count). The highest BCUT2D eigenvalue weighted by molar-refractivity contribution is 6.58. The molecule has 0 aliphatic carbocycles. The number of halogens is 2. The molecule has 1 aromatic carbocycles. The van der Waals surface area contributed by atoms with Gasteiger partial charge in [-0.2, -0.15) is 0 Å². The molecule has 0 bridgehead atoms. The summed E-state index contributed by atoms with van der Waals surface area (Å²) in [6.07, 6.45) is 2.44. The van der Waals surface area contributed by atoms with Crippen LogP contribution in [0.3, 0.4) is 0 Å². The van der Waals surface area contributed by atoms with Crippen molar-refractivity contribution in [2.45, 2.75) is 6.61 Å². The fourth-order valence-electron chi connectivity index (χ4n) is 1.49. The van der Waals surface area contributed by atoms with Gasteiger partial charge in [0.05, 0.1) is 6.20 Å². The van der Waals surface area contributed by atoms with Crippen molar-refractivity contribution in [3.05, 3.63) is 53.9 Å². The Balaban J connectivity index is 2.12. The van der Waals surface area contributed by atoms with Crippen LogP contribution in [0.5, 0.6) is 5.75 Å². The van der Waals surface area contributed by atoms with E-state index in [4.69, 9.17) is 14.8 Å². The molecule has 19 heavy (non-hydrogen) atoms. The quantitative estimate of drug-likeness (QED) is 0.795. The lowest BCUT2D eigenvalue weighted by Crippen LogP contribution is -2.29. The van der Waals surface area contributed by atoms with Gasteiger partial charge in [0.1, 0.15) is 12.4 Å². The van der Waals surface area contributed by atoms with Crippen LogP contribution in [0.4, 0.5) is 8.78 Å². The molecule has 0 saturated heterocycles.